The highest BCUT2D eigenvalue weighted by Gasteiger charge is 2.27. The molecule has 0 amide bonds. The van der Waals surface area contributed by atoms with Crippen LogP contribution in [0.5, 0.6) is 0 Å². The first-order chi connectivity index (χ1) is 9.08. The fourth-order valence-corrected chi connectivity index (χ4v) is 3.71. The van der Waals surface area contributed by atoms with Gasteiger partial charge in [0, 0.05) is 34.8 Å². The van der Waals surface area contributed by atoms with E-state index in [2.05, 4.69) is 4.98 Å². The maximum absolute atomic E-state index is 11.6. The normalized spacial score (nSPS) is 23.3. The molecule has 0 radical (unpaired) electrons. The standard InChI is InChI=1S/C12H19N3O3S/c1-3-9-14-10(12(16)18-2)11(13)15(9)8-4-6-19(17)7-5-8/h8H,3-7,13H2,1-2H3. The summed E-state index contributed by atoms with van der Waals surface area (Å²) in [7, 11) is 0.596. The summed E-state index contributed by atoms with van der Waals surface area (Å²) in [6, 6.07) is 0.179. The number of rotatable bonds is 3. The molecule has 0 saturated carbocycles. The van der Waals surface area contributed by atoms with Crippen LogP contribution in [0.25, 0.3) is 0 Å². The summed E-state index contributed by atoms with van der Waals surface area (Å²) in [6.45, 7) is 1.97. The fraction of sp³-hybridized carbons (Fsp3) is 0.667. The van der Waals surface area contributed by atoms with Crippen molar-refractivity contribution in [3.05, 3.63) is 11.5 Å². The van der Waals surface area contributed by atoms with Crippen LogP contribution in [0.1, 0.15) is 42.1 Å². The van der Waals surface area contributed by atoms with Crippen molar-refractivity contribution in [1.29, 1.82) is 0 Å². The molecule has 6 nitrogen and oxygen atoms in total. The van der Waals surface area contributed by atoms with Gasteiger partial charge in [-0.05, 0) is 12.8 Å². The van der Waals surface area contributed by atoms with Gasteiger partial charge in [-0.15, -0.1) is 0 Å². The summed E-state index contributed by atoms with van der Waals surface area (Å²) in [6.07, 6.45) is 2.31. The first-order valence-electron chi connectivity index (χ1n) is 6.38. The lowest BCUT2D eigenvalue weighted by atomic mass is 10.1. The zero-order valence-electron chi connectivity index (χ0n) is 11.2. The van der Waals surface area contributed by atoms with Crippen LogP contribution in [-0.2, 0) is 22.0 Å². The van der Waals surface area contributed by atoms with Crippen molar-refractivity contribution >= 4 is 22.6 Å². The van der Waals surface area contributed by atoms with Crippen molar-refractivity contribution in [2.45, 2.75) is 32.2 Å². The average molecular weight is 285 g/mol. The van der Waals surface area contributed by atoms with Gasteiger partial charge in [0.1, 0.15) is 11.6 Å². The van der Waals surface area contributed by atoms with Gasteiger partial charge >= 0.3 is 5.97 Å². The number of carbonyl (C=O) groups excluding carboxylic acids is 1. The number of hydrogen-bond donors (Lipinski definition) is 1. The van der Waals surface area contributed by atoms with E-state index in [0.717, 1.165) is 18.7 Å². The second kappa shape index (κ2) is 5.73. The number of nitrogen functional groups attached to an aromatic ring is 1. The van der Waals surface area contributed by atoms with E-state index in [1.165, 1.54) is 7.11 Å². The van der Waals surface area contributed by atoms with Crippen molar-refractivity contribution < 1.29 is 13.7 Å². The van der Waals surface area contributed by atoms with Crippen LogP contribution in [0.4, 0.5) is 5.82 Å². The number of anilines is 1. The Bertz CT molecular complexity index is 503. The van der Waals surface area contributed by atoms with Crippen LogP contribution in [0.2, 0.25) is 0 Å². The van der Waals surface area contributed by atoms with E-state index in [1.807, 2.05) is 11.5 Å². The molecule has 1 aliphatic heterocycles. The molecule has 19 heavy (non-hydrogen) atoms. The van der Waals surface area contributed by atoms with Crippen molar-refractivity contribution in [1.82, 2.24) is 9.55 Å². The lowest BCUT2D eigenvalue weighted by Crippen LogP contribution is -2.24. The Balaban J connectivity index is 2.36. The van der Waals surface area contributed by atoms with Gasteiger partial charge in [-0.1, -0.05) is 6.92 Å². The minimum atomic E-state index is -0.720. The molecule has 0 unspecified atom stereocenters. The van der Waals surface area contributed by atoms with Gasteiger partial charge in [0.15, 0.2) is 5.69 Å². The van der Waals surface area contributed by atoms with Crippen molar-refractivity contribution in [2.24, 2.45) is 0 Å². The number of ether oxygens (including phenoxy) is 1. The van der Waals surface area contributed by atoms with Crippen molar-refractivity contribution in [3.8, 4) is 0 Å². The van der Waals surface area contributed by atoms with Crippen LogP contribution in [0, 0.1) is 0 Å². The smallest absolute Gasteiger partial charge is 0.360 e. The van der Waals surface area contributed by atoms with Crippen LogP contribution in [0.3, 0.4) is 0 Å². The zero-order chi connectivity index (χ0) is 14.0. The van der Waals surface area contributed by atoms with E-state index in [4.69, 9.17) is 10.5 Å². The molecule has 1 aromatic rings. The van der Waals surface area contributed by atoms with Crippen molar-refractivity contribution in [3.63, 3.8) is 0 Å². The molecule has 2 N–H and O–H groups in total. The Morgan fingerprint density at radius 2 is 2.16 bits per heavy atom. The molecular formula is C12H19N3O3S. The Morgan fingerprint density at radius 1 is 1.53 bits per heavy atom. The van der Waals surface area contributed by atoms with E-state index in [9.17, 15) is 9.00 Å². The largest absolute Gasteiger partial charge is 0.464 e. The highest BCUT2D eigenvalue weighted by atomic mass is 32.2. The maximum atomic E-state index is 11.6. The van der Waals surface area contributed by atoms with E-state index >= 15 is 0 Å². The summed E-state index contributed by atoms with van der Waals surface area (Å²) in [5.74, 6) is 2.00. The van der Waals surface area contributed by atoms with Gasteiger partial charge in [-0.3, -0.25) is 4.21 Å². The van der Waals surface area contributed by atoms with Gasteiger partial charge in [0.25, 0.3) is 0 Å². The highest BCUT2D eigenvalue weighted by molar-refractivity contribution is 7.85. The van der Waals surface area contributed by atoms with Gasteiger partial charge < -0.3 is 15.0 Å². The second-order valence-electron chi connectivity index (χ2n) is 4.56. The summed E-state index contributed by atoms with van der Waals surface area (Å²) in [4.78, 5) is 15.9. The number of hydrogen-bond acceptors (Lipinski definition) is 5. The predicted molar refractivity (Wildman–Crippen MR) is 73.5 cm³/mol. The van der Waals surface area contributed by atoms with Gasteiger partial charge in [0.2, 0.25) is 0 Å². The fourth-order valence-electron chi connectivity index (χ4n) is 2.44. The van der Waals surface area contributed by atoms with Gasteiger partial charge in [-0.2, -0.15) is 0 Å². The lowest BCUT2D eigenvalue weighted by Gasteiger charge is -2.25. The number of carbonyl (C=O) groups is 1. The first kappa shape index (κ1) is 14.0. The van der Waals surface area contributed by atoms with Gasteiger partial charge in [0.05, 0.1) is 7.11 Å². The number of aryl methyl sites for hydroxylation is 1. The molecule has 1 fully saturated rings. The Hall–Kier alpha value is -1.37. The van der Waals surface area contributed by atoms with Crippen LogP contribution in [0.15, 0.2) is 0 Å². The molecule has 0 bridgehead atoms. The summed E-state index contributed by atoms with van der Waals surface area (Å²) < 4.78 is 18.0. The van der Waals surface area contributed by atoms with Crippen LogP contribution in [-0.4, -0.2) is 38.3 Å². The van der Waals surface area contributed by atoms with E-state index in [-0.39, 0.29) is 11.7 Å². The SMILES string of the molecule is CCc1nc(C(=O)OC)c(N)n1C1CCS(=O)CC1. The molecule has 0 aromatic carbocycles. The highest BCUT2D eigenvalue weighted by Crippen LogP contribution is 2.29. The number of aromatic nitrogens is 2. The molecule has 7 heteroatoms. The Labute approximate surface area is 114 Å². The second-order valence-corrected chi connectivity index (χ2v) is 6.25. The molecule has 2 rings (SSSR count). The third-order valence-electron chi connectivity index (χ3n) is 3.44. The molecule has 1 aliphatic rings. The third kappa shape index (κ3) is 2.65. The Morgan fingerprint density at radius 3 is 2.68 bits per heavy atom. The quantitative estimate of drug-likeness (QED) is 0.834. The molecule has 106 valence electrons. The number of nitrogens with two attached hydrogens (primary N) is 1. The van der Waals surface area contributed by atoms with Crippen LogP contribution < -0.4 is 5.73 Å². The Kier molecular flexibility index (Phi) is 4.24. The molecule has 0 aliphatic carbocycles. The molecular weight excluding hydrogens is 266 g/mol. The number of nitrogens with zero attached hydrogens (tertiary/aromatic N) is 2. The monoisotopic (exact) mass is 285 g/mol. The summed E-state index contributed by atoms with van der Waals surface area (Å²) >= 11 is 0. The topological polar surface area (TPSA) is 87.2 Å². The van der Waals surface area contributed by atoms with E-state index in [1.54, 1.807) is 0 Å². The van der Waals surface area contributed by atoms with Crippen LogP contribution >= 0.6 is 0 Å². The minimum Gasteiger partial charge on any atom is -0.464 e. The van der Waals surface area contributed by atoms with E-state index < -0.39 is 16.8 Å². The summed E-state index contributed by atoms with van der Waals surface area (Å²) in [5.41, 5.74) is 6.23. The molecule has 2 heterocycles. The minimum absolute atomic E-state index is 0.179. The molecule has 1 saturated heterocycles. The molecule has 0 spiro atoms. The molecule has 0 atom stereocenters. The van der Waals surface area contributed by atoms with E-state index in [0.29, 0.717) is 23.7 Å². The van der Waals surface area contributed by atoms with Gasteiger partial charge in [-0.25, -0.2) is 9.78 Å². The lowest BCUT2D eigenvalue weighted by molar-refractivity contribution is 0.0595. The zero-order valence-corrected chi connectivity index (χ0v) is 12.0. The number of imidazole rings is 1. The predicted octanol–water partition coefficient (Wildman–Crippen LogP) is 0.898. The summed E-state index contributed by atoms with van der Waals surface area (Å²) in [5, 5.41) is 0. The average Bonchev–Trinajstić information content (AvgIpc) is 2.76. The number of methoxy groups -OCH3 is 1. The maximum Gasteiger partial charge on any atom is 0.360 e. The number of esters is 1. The third-order valence-corrected chi connectivity index (χ3v) is 4.82. The van der Waals surface area contributed by atoms with Crippen molar-refractivity contribution in [2.75, 3.05) is 24.3 Å². The molecule has 1 aromatic heterocycles. The first-order valence-corrected chi connectivity index (χ1v) is 7.87.